The second-order valence-corrected chi connectivity index (χ2v) is 10.3. The van der Waals surface area contributed by atoms with Gasteiger partial charge in [0.1, 0.15) is 0 Å². The van der Waals surface area contributed by atoms with Crippen LogP contribution in [0.4, 0.5) is 5.69 Å². The number of para-hydroxylation sites is 1. The second-order valence-electron chi connectivity index (χ2n) is 6.43. The van der Waals surface area contributed by atoms with E-state index in [2.05, 4.69) is 5.32 Å². The molecule has 0 aliphatic rings. The number of thioether (sulfide) groups is 1. The fourth-order valence-electron chi connectivity index (χ4n) is 2.63. The average Bonchev–Trinajstić information content (AvgIpc) is 2.67. The van der Waals surface area contributed by atoms with E-state index in [1.54, 1.807) is 42.1 Å². The summed E-state index contributed by atoms with van der Waals surface area (Å²) >= 11 is 13.6. The van der Waals surface area contributed by atoms with Crippen LogP contribution in [0.5, 0.6) is 0 Å². The van der Waals surface area contributed by atoms with Gasteiger partial charge in [-0.15, -0.1) is 0 Å². The molecule has 0 radical (unpaired) electrons. The van der Waals surface area contributed by atoms with Gasteiger partial charge in [-0.3, -0.25) is 9.10 Å². The summed E-state index contributed by atoms with van der Waals surface area (Å²) in [5.41, 5.74) is 1.69. The van der Waals surface area contributed by atoms with Crippen LogP contribution in [0, 0.1) is 0 Å². The highest BCUT2D eigenvalue weighted by Crippen LogP contribution is 2.24. The van der Waals surface area contributed by atoms with E-state index in [1.165, 1.54) is 10.6 Å². The Morgan fingerprint density at radius 3 is 2.48 bits per heavy atom. The maximum Gasteiger partial charge on any atom is 0.232 e. The van der Waals surface area contributed by atoms with E-state index in [0.717, 1.165) is 17.1 Å². The van der Waals surface area contributed by atoms with Gasteiger partial charge in [-0.2, -0.15) is 11.8 Å². The smallest absolute Gasteiger partial charge is 0.232 e. The lowest BCUT2D eigenvalue weighted by Gasteiger charge is -2.22. The Kier molecular flexibility index (Phi) is 9.62. The molecule has 0 bridgehead atoms. The molecule has 0 atom stereocenters. The Morgan fingerprint density at radius 2 is 1.83 bits per heavy atom. The van der Waals surface area contributed by atoms with Crippen molar-refractivity contribution in [3.05, 3.63) is 64.1 Å². The molecule has 1 N–H and O–H groups in total. The van der Waals surface area contributed by atoms with E-state index < -0.39 is 10.0 Å². The number of carbonyl (C=O) groups excluding carboxylic acids is 1. The van der Waals surface area contributed by atoms with Gasteiger partial charge in [-0.1, -0.05) is 47.5 Å². The molecule has 0 aromatic heterocycles. The molecule has 158 valence electrons. The number of amides is 1. The van der Waals surface area contributed by atoms with Crippen LogP contribution in [0.3, 0.4) is 0 Å². The molecule has 0 saturated carbocycles. The van der Waals surface area contributed by atoms with Crippen molar-refractivity contribution in [3.8, 4) is 0 Å². The number of anilines is 1. The van der Waals surface area contributed by atoms with Gasteiger partial charge in [0.25, 0.3) is 0 Å². The van der Waals surface area contributed by atoms with Crippen LogP contribution >= 0.6 is 35.0 Å². The van der Waals surface area contributed by atoms with E-state index in [-0.39, 0.29) is 18.9 Å². The summed E-state index contributed by atoms with van der Waals surface area (Å²) in [5, 5.41) is 3.94. The summed E-state index contributed by atoms with van der Waals surface area (Å²) in [6, 6.07) is 14.4. The summed E-state index contributed by atoms with van der Waals surface area (Å²) in [5.74, 6) is 1.47. The second kappa shape index (κ2) is 11.7. The number of sulfonamides is 1. The van der Waals surface area contributed by atoms with E-state index in [0.29, 0.717) is 28.7 Å². The van der Waals surface area contributed by atoms with Crippen LogP contribution < -0.4 is 9.62 Å². The van der Waals surface area contributed by atoms with Gasteiger partial charge in [-0.25, -0.2) is 8.42 Å². The number of hydrogen-bond acceptors (Lipinski definition) is 4. The molecule has 0 aliphatic carbocycles. The molecule has 0 aliphatic heterocycles. The highest BCUT2D eigenvalue weighted by Gasteiger charge is 2.17. The topological polar surface area (TPSA) is 66.5 Å². The fourth-order valence-corrected chi connectivity index (χ4v) is 4.73. The lowest BCUT2D eigenvalue weighted by atomic mass is 10.2. The van der Waals surface area contributed by atoms with Gasteiger partial charge in [0, 0.05) is 31.0 Å². The van der Waals surface area contributed by atoms with Gasteiger partial charge < -0.3 is 5.32 Å². The molecular weight excluding hydrogens is 451 g/mol. The van der Waals surface area contributed by atoms with E-state index in [1.807, 2.05) is 18.2 Å². The number of nitrogens with zero attached hydrogens (tertiary/aromatic N) is 1. The lowest BCUT2D eigenvalue weighted by Crippen LogP contribution is -2.32. The maximum absolute atomic E-state index is 12.0. The van der Waals surface area contributed by atoms with Gasteiger partial charge in [0.2, 0.25) is 15.9 Å². The zero-order valence-electron chi connectivity index (χ0n) is 16.1. The first-order valence-corrected chi connectivity index (χ1v) is 12.8. The maximum atomic E-state index is 12.0. The zero-order valence-corrected chi connectivity index (χ0v) is 19.3. The molecule has 0 unspecified atom stereocenters. The quantitative estimate of drug-likeness (QED) is 0.483. The van der Waals surface area contributed by atoms with Crippen molar-refractivity contribution in [1.82, 2.24) is 5.32 Å². The van der Waals surface area contributed by atoms with Gasteiger partial charge >= 0.3 is 0 Å². The third kappa shape index (κ3) is 8.46. The molecule has 29 heavy (non-hydrogen) atoms. The van der Waals surface area contributed by atoms with Crippen molar-refractivity contribution in [2.24, 2.45) is 0 Å². The highest BCUT2D eigenvalue weighted by molar-refractivity contribution is 7.98. The minimum absolute atomic E-state index is 0.0818. The minimum Gasteiger partial charge on any atom is -0.355 e. The van der Waals surface area contributed by atoms with Crippen molar-refractivity contribution in [2.75, 3.05) is 29.4 Å². The molecule has 1 amide bonds. The van der Waals surface area contributed by atoms with Crippen LogP contribution in [0.2, 0.25) is 10.0 Å². The first-order valence-electron chi connectivity index (χ1n) is 9.08. The Labute approximate surface area is 186 Å². The van der Waals surface area contributed by atoms with E-state index in [9.17, 15) is 13.2 Å². The Hall–Kier alpha value is -1.41. The average molecular weight is 475 g/mol. The predicted octanol–water partition coefficient (Wildman–Crippen LogP) is 4.59. The first kappa shape index (κ1) is 23.9. The number of nitrogens with one attached hydrogen (secondary N) is 1. The molecule has 0 heterocycles. The third-order valence-corrected chi connectivity index (χ3v) is 6.99. The monoisotopic (exact) mass is 474 g/mol. The van der Waals surface area contributed by atoms with Crippen LogP contribution in [0.15, 0.2) is 48.5 Å². The normalized spacial score (nSPS) is 11.3. The van der Waals surface area contributed by atoms with Crippen LogP contribution in [0.25, 0.3) is 0 Å². The van der Waals surface area contributed by atoms with Crippen molar-refractivity contribution >= 4 is 56.6 Å². The molecule has 0 fully saturated rings. The predicted molar refractivity (Wildman–Crippen MR) is 123 cm³/mol. The van der Waals surface area contributed by atoms with Crippen molar-refractivity contribution in [3.63, 3.8) is 0 Å². The van der Waals surface area contributed by atoms with Crippen molar-refractivity contribution < 1.29 is 13.2 Å². The molecule has 2 rings (SSSR count). The van der Waals surface area contributed by atoms with Crippen LogP contribution in [0.1, 0.15) is 18.4 Å². The van der Waals surface area contributed by atoms with Gasteiger partial charge in [0.05, 0.1) is 22.0 Å². The SMILES string of the molecule is CS(=O)(=O)N(CCCC(=O)NCCSCc1ccc(Cl)c(Cl)c1)c1ccccc1. The van der Waals surface area contributed by atoms with E-state index >= 15 is 0 Å². The molecule has 9 heteroatoms. The third-order valence-electron chi connectivity index (χ3n) is 4.03. The summed E-state index contributed by atoms with van der Waals surface area (Å²) in [6.45, 7) is 0.821. The van der Waals surface area contributed by atoms with Crippen LogP contribution in [-0.4, -0.2) is 39.4 Å². The fraction of sp³-hybridized carbons (Fsp3) is 0.350. The molecule has 0 spiro atoms. The summed E-state index contributed by atoms with van der Waals surface area (Å²) < 4.78 is 25.4. The van der Waals surface area contributed by atoms with Gasteiger partial charge in [0.15, 0.2) is 0 Å². The number of halogens is 2. The van der Waals surface area contributed by atoms with Crippen molar-refractivity contribution in [1.29, 1.82) is 0 Å². The molecule has 2 aromatic carbocycles. The number of rotatable bonds is 11. The largest absolute Gasteiger partial charge is 0.355 e. The summed E-state index contributed by atoms with van der Waals surface area (Å²) in [6.07, 6.45) is 1.89. The minimum atomic E-state index is -3.39. The Morgan fingerprint density at radius 1 is 1.10 bits per heavy atom. The van der Waals surface area contributed by atoms with Crippen LogP contribution in [-0.2, 0) is 20.6 Å². The Balaban J connectivity index is 1.66. The Bertz CT molecular complexity index is 909. The standard InChI is InChI=1S/C20H24Cl2N2O3S2/c1-29(26,27)24(17-6-3-2-4-7-17)12-5-8-20(25)23-11-13-28-15-16-9-10-18(21)19(22)14-16/h2-4,6-7,9-10,14H,5,8,11-13,15H2,1H3,(H,23,25). The zero-order chi connectivity index (χ0) is 21.3. The molecule has 0 saturated heterocycles. The molecular formula is C20H24Cl2N2O3S2. The number of hydrogen-bond donors (Lipinski definition) is 1. The van der Waals surface area contributed by atoms with Crippen molar-refractivity contribution in [2.45, 2.75) is 18.6 Å². The number of benzene rings is 2. The lowest BCUT2D eigenvalue weighted by molar-refractivity contribution is -0.121. The summed E-state index contributed by atoms with van der Waals surface area (Å²) in [4.78, 5) is 12.0. The highest BCUT2D eigenvalue weighted by atomic mass is 35.5. The van der Waals surface area contributed by atoms with Gasteiger partial charge in [-0.05, 0) is 36.2 Å². The summed E-state index contributed by atoms with van der Waals surface area (Å²) in [7, 11) is -3.39. The van der Waals surface area contributed by atoms with E-state index in [4.69, 9.17) is 23.2 Å². The molecule has 2 aromatic rings. The number of carbonyl (C=O) groups is 1. The molecule has 5 nitrogen and oxygen atoms in total. The first-order chi connectivity index (χ1) is 13.8.